The van der Waals surface area contributed by atoms with Crippen molar-refractivity contribution >= 4 is 56.2 Å². The molecule has 0 aliphatic carbocycles. The summed E-state index contributed by atoms with van der Waals surface area (Å²) in [6.45, 7) is 2.54. The van der Waals surface area contributed by atoms with Gasteiger partial charge in [0.15, 0.2) is 29.2 Å². The first-order chi connectivity index (χ1) is 23.0. The summed E-state index contributed by atoms with van der Waals surface area (Å²) in [6.07, 6.45) is 0.346. The Morgan fingerprint density at radius 2 is 2.02 bits per heavy atom. The van der Waals surface area contributed by atoms with E-state index in [0.29, 0.717) is 31.3 Å². The largest absolute Gasteiger partial charge is 0.490 e. The first-order valence-corrected chi connectivity index (χ1v) is 17.4. The minimum atomic E-state index is -4.94. The molecule has 0 radical (unpaired) electrons. The molecule has 5 rings (SSSR count). The monoisotopic (exact) mass is 707 g/mol. The topological polar surface area (TPSA) is 259 Å². The number of ether oxygens (including phenoxy) is 2. The third kappa shape index (κ3) is 8.12. The molecule has 1 aromatic carbocycles. The quantitative estimate of drug-likeness (QED) is 0.0458. The van der Waals surface area contributed by atoms with Crippen LogP contribution in [0.4, 0.5) is 9.93 Å². The van der Waals surface area contributed by atoms with Gasteiger partial charge in [0.25, 0.3) is 0 Å². The maximum absolute atomic E-state index is 13.4. The van der Waals surface area contributed by atoms with Gasteiger partial charge in [0.1, 0.15) is 24.7 Å². The van der Waals surface area contributed by atoms with E-state index in [1.807, 2.05) is 23.1 Å². The zero-order valence-electron chi connectivity index (χ0n) is 25.9. The van der Waals surface area contributed by atoms with Crippen molar-refractivity contribution in [2.24, 2.45) is 27.5 Å². The number of hydrogen-bond donors (Lipinski definition) is 4. The molecule has 4 heterocycles. The molecule has 20 heteroatoms. The van der Waals surface area contributed by atoms with Crippen LogP contribution in [0.5, 0.6) is 5.75 Å². The molecule has 1 aromatic heterocycles. The first kappa shape index (κ1) is 34.8. The minimum absolute atomic E-state index is 0.0460. The predicted octanol–water partition coefficient (Wildman–Crippen LogP) is -0.412. The number of aliphatic imine (C=N–C) groups is 1. The third-order valence-electron chi connectivity index (χ3n) is 7.98. The van der Waals surface area contributed by atoms with Gasteiger partial charge in [0.2, 0.25) is 5.91 Å². The van der Waals surface area contributed by atoms with E-state index in [-0.39, 0.29) is 53.8 Å². The molecule has 3 aliphatic heterocycles. The number of amides is 2. The summed E-state index contributed by atoms with van der Waals surface area (Å²) in [4.78, 5) is 55.2. The Morgan fingerprint density at radius 3 is 2.71 bits per heavy atom. The van der Waals surface area contributed by atoms with Gasteiger partial charge in [-0.05, 0) is 42.6 Å². The lowest BCUT2D eigenvalue weighted by molar-refractivity contribution is -0.149. The SMILES string of the molecule is NCCCN=C(N)N1CCc2cc(OCCO/N=C(\C(=O)CC3C(=O)N(S(=O)(=O)O)C3CN3CCOC3=O)c3csc(N)n3)ccc2C1. The van der Waals surface area contributed by atoms with Crippen LogP contribution in [0.15, 0.2) is 33.7 Å². The summed E-state index contributed by atoms with van der Waals surface area (Å²) in [5.74, 6) is -1.72. The summed E-state index contributed by atoms with van der Waals surface area (Å²) in [6, 6.07) is 4.57. The lowest BCUT2D eigenvalue weighted by Crippen LogP contribution is -2.66. The molecule has 7 N–H and O–H groups in total. The van der Waals surface area contributed by atoms with Crippen molar-refractivity contribution in [3.8, 4) is 5.75 Å². The molecule has 260 valence electrons. The molecule has 0 saturated carbocycles. The molecule has 2 amide bonds. The van der Waals surface area contributed by atoms with E-state index >= 15 is 0 Å². The fourth-order valence-electron chi connectivity index (χ4n) is 5.54. The number of β-lactam (4-membered cyclic amide) rings is 1. The van der Waals surface area contributed by atoms with E-state index in [1.165, 1.54) is 10.3 Å². The molecule has 2 fully saturated rings. The van der Waals surface area contributed by atoms with E-state index in [2.05, 4.69) is 15.1 Å². The highest BCUT2D eigenvalue weighted by Crippen LogP contribution is 2.34. The van der Waals surface area contributed by atoms with Crippen LogP contribution in [0.3, 0.4) is 0 Å². The fourth-order valence-corrected chi connectivity index (χ4v) is 7.01. The number of anilines is 1. The number of nitrogens with zero attached hydrogens (tertiary/aromatic N) is 6. The van der Waals surface area contributed by atoms with Gasteiger partial charge < -0.3 is 41.3 Å². The van der Waals surface area contributed by atoms with Crippen LogP contribution >= 0.6 is 11.3 Å². The van der Waals surface area contributed by atoms with Crippen molar-refractivity contribution in [3.63, 3.8) is 0 Å². The molecule has 0 bridgehead atoms. The lowest BCUT2D eigenvalue weighted by Gasteiger charge is -2.45. The van der Waals surface area contributed by atoms with Crippen LogP contribution in [-0.4, -0.2) is 120 Å². The second kappa shape index (κ2) is 15.1. The molecule has 18 nitrogen and oxygen atoms in total. The summed E-state index contributed by atoms with van der Waals surface area (Å²) in [7, 11) is -4.94. The van der Waals surface area contributed by atoms with Crippen molar-refractivity contribution in [1.82, 2.24) is 19.1 Å². The number of hydrogen-bond acceptors (Lipinski definition) is 14. The molecule has 2 saturated heterocycles. The number of carbonyl (C=O) groups is 3. The molecule has 2 atom stereocenters. The van der Waals surface area contributed by atoms with Gasteiger partial charge in [-0.25, -0.2) is 14.1 Å². The molecule has 3 aliphatic rings. The van der Waals surface area contributed by atoms with Crippen LogP contribution in [-0.2, 0) is 42.4 Å². The number of cyclic esters (lactones) is 1. The highest BCUT2D eigenvalue weighted by Gasteiger charge is 2.55. The van der Waals surface area contributed by atoms with E-state index in [1.54, 1.807) is 0 Å². The van der Waals surface area contributed by atoms with Gasteiger partial charge >= 0.3 is 16.4 Å². The van der Waals surface area contributed by atoms with Gasteiger partial charge in [-0.1, -0.05) is 11.2 Å². The van der Waals surface area contributed by atoms with Crippen molar-refractivity contribution in [2.75, 3.05) is 58.3 Å². The maximum atomic E-state index is 13.4. The smallest absolute Gasteiger partial charge is 0.410 e. The highest BCUT2D eigenvalue weighted by atomic mass is 32.2. The van der Waals surface area contributed by atoms with Crippen molar-refractivity contribution < 1.29 is 41.7 Å². The highest BCUT2D eigenvalue weighted by molar-refractivity contribution is 7.84. The zero-order valence-corrected chi connectivity index (χ0v) is 27.5. The number of oxime groups is 1. The minimum Gasteiger partial charge on any atom is -0.490 e. The number of Topliss-reactive ketones (excluding diaryl/α,β-unsaturated/α-hetero) is 1. The molecular weight excluding hydrogens is 670 g/mol. The number of benzene rings is 1. The van der Waals surface area contributed by atoms with Crippen LogP contribution in [0, 0.1) is 5.92 Å². The number of thiazole rings is 1. The fraction of sp³-hybridized carbons (Fsp3) is 0.500. The summed E-state index contributed by atoms with van der Waals surface area (Å²) in [5.41, 5.74) is 19.5. The van der Waals surface area contributed by atoms with E-state index in [4.69, 9.17) is 31.5 Å². The predicted molar refractivity (Wildman–Crippen MR) is 173 cm³/mol. The zero-order chi connectivity index (χ0) is 34.4. The van der Waals surface area contributed by atoms with Crippen LogP contribution in [0.25, 0.3) is 0 Å². The summed E-state index contributed by atoms with van der Waals surface area (Å²) < 4.78 is 44.3. The molecule has 0 spiro atoms. The number of fused-ring (bicyclic) bond motifs is 1. The van der Waals surface area contributed by atoms with Gasteiger partial charge in [0, 0.05) is 38.0 Å². The number of guanidine groups is 1. The van der Waals surface area contributed by atoms with Crippen molar-refractivity contribution in [2.45, 2.75) is 31.8 Å². The van der Waals surface area contributed by atoms with Gasteiger partial charge in [-0.2, -0.15) is 8.42 Å². The Labute approximate surface area is 280 Å². The van der Waals surface area contributed by atoms with E-state index in [9.17, 15) is 27.4 Å². The second-order valence-corrected chi connectivity index (χ2v) is 13.3. The Bertz CT molecular complexity index is 1700. The molecule has 2 aromatic rings. The standard InChI is InChI=1S/C28H37N9O9S2/c29-5-1-6-32-26(30)35-7-4-17-12-19(3-2-18(17)14-35)44-10-11-46-34-24(21-16-47-27(31)33-21)23(38)13-20-22(15-36-8-9-45-28(36)40)37(25(20)39)48(41,42)43/h2-3,12,16,20,22H,1,4-11,13-15,29H2,(H2,30,32)(H2,31,33)(H,41,42,43)/b34-24-. The summed E-state index contributed by atoms with van der Waals surface area (Å²) >= 11 is 1.06. The van der Waals surface area contributed by atoms with Crippen LogP contribution in [0.1, 0.15) is 29.7 Å². The third-order valence-corrected chi connectivity index (χ3v) is 9.61. The summed E-state index contributed by atoms with van der Waals surface area (Å²) in [5, 5.41) is 5.62. The Balaban J connectivity index is 1.19. The Kier molecular flexibility index (Phi) is 11.0. The van der Waals surface area contributed by atoms with E-state index in [0.717, 1.165) is 41.9 Å². The van der Waals surface area contributed by atoms with Gasteiger partial charge in [-0.3, -0.25) is 19.1 Å². The molecular formula is C28H37N9O9S2. The first-order valence-electron chi connectivity index (χ1n) is 15.1. The Hall–Kier alpha value is -4.53. The van der Waals surface area contributed by atoms with Crippen molar-refractivity contribution in [1.29, 1.82) is 0 Å². The normalized spacial score (nSPS) is 20.0. The van der Waals surface area contributed by atoms with Gasteiger partial charge in [0.05, 0.1) is 18.5 Å². The van der Waals surface area contributed by atoms with E-state index < -0.39 is 46.5 Å². The number of aromatic nitrogens is 1. The average molecular weight is 708 g/mol. The van der Waals surface area contributed by atoms with Crippen LogP contribution in [0.2, 0.25) is 0 Å². The number of carbonyl (C=O) groups excluding carboxylic acids is 3. The number of nitrogen functional groups attached to an aromatic ring is 1. The number of rotatable bonds is 15. The Morgan fingerprint density at radius 1 is 1.21 bits per heavy atom. The average Bonchev–Trinajstić information content (AvgIpc) is 3.67. The number of nitrogens with two attached hydrogens (primary N) is 3. The second-order valence-electron chi connectivity index (χ2n) is 11.2. The molecule has 2 unspecified atom stereocenters. The maximum Gasteiger partial charge on any atom is 0.410 e. The molecule has 48 heavy (non-hydrogen) atoms. The van der Waals surface area contributed by atoms with Crippen LogP contribution < -0.4 is 21.9 Å². The number of ketones is 1. The van der Waals surface area contributed by atoms with Gasteiger partial charge in [-0.15, -0.1) is 11.3 Å². The van der Waals surface area contributed by atoms with Crippen molar-refractivity contribution in [3.05, 3.63) is 40.4 Å². The lowest BCUT2D eigenvalue weighted by atomic mass is 9.84.